The van der Waals surface area contributed by atoms with Crippen LogP contribution < -0.4 is 5.32 Å². The summed E-state index contributed by atoms with van der Waals surface area (Å²) in [6, 6.07) is 1.34. The Labute approximate surface area is 131 Å². The quantitative estimate of drug-likeness (QED) is 0.784. The molecule has 1 heterocycles. The van der Waals surface area contributed by atoms with Gasteiger partial charge in [-0.25, -0.2) is 0 Å². The molecule has 1 atom stereocenters. The number of hydrogen-bond donors (Lipinski definition) is 1. The van der Waals surface area contributed by atoms with E-state index in [-0.39, 0.29) is 0 Å². The van der Waals surface area contributed by atoms with E-state index >= 15 is 0 Å². The maximum absolute atomic E-state index is 4.52. The number of rotatable bonds is 7. The summed E-state index contributed by atoms with van der Waals surface area (Å²) < 4.78 is 2.48. The van der Waals surface area contributed by atoms with Crippen LogP contribution in [0.3, 0.4) is 0 Å². The maximum Gasteiger partial charge on any atom is 0.191 e. The summed E-state index contributed by atoms with van der Waals surface area (Å²) in [5, 5.41) is 13.8. The van der Waals surface area contributed by atoms with Crippen LogP contribution in [0.2, 0.25) is 0 Å². The molecule has 0 aromatic carbocycles. The molecule has 3 saturated carbocycles. The van der Waals surface area contributed by atoms with Gasteiger partial charge in [0.15, 0.2) is 5.16 Å². The smallest absolute Gasteiger partial charge is 0.191 e. The van der Waals surface area contributed by atoms with Crippen molar-refractivity contribution in [2.45, 2.75) is 74.5 Å². The molecule has 0 amide bonds. The molecule has 1 aromatic heterocycles. The minimum Gasteiger partial charge on any atom is -0.316 e. The zero-order valence-corrected chi connectivity index (χ0v) is 13.7. The van der Waals surface area contributed by atoms with Crippen molar-refractivity contribution in [2.75, 3.05) is 12.8 Å². The van der Waals surface area contributed by atoms with Gasteiger partial charge < -0.3 is 9.88 Å². The van der Waals surface area contributed by atoms with Crippen LogP contribution >= 0.6 is 11.8 Å². The van der Waals surface area contributed by atoms with Gasteiger partial charge in [-0.3, -0.25) is 0 Å². The molecular formula is C16H26N4S. The van der Waals surface area contributed by atoms with Crippen molar-refractivity contribution in [1.29, 1.82) is 0 Å². The maximum atomic E-state index is 4.52. The van der Waals surface area contributed by atoms with E-state index in [1.54, 1.807) is 0 Å². The molecule has 0 spiro atoms. The zero-order chi connectivity index (χ0) is 14.2. The van der Waals surface area contributed by atoms with E-state index in [1.807, 2.05) is 11.8 Å². The fraction of sp³-hybridized carbons (Fsp3) is 0.875. The lowest BCUT2D eigenvalue weighted by atomic mass is 10.0. The molecule has 0 aliphatic heterocycles. The second-order valence-corrected chi connectivity index (χ2v) is 7.95. The van der Waals surface area contributed by atoms with Crippen molar-refractivity contribution < 1.29 is 0 Å². The first-order chi connectivity index (χ1) is 10.4. The summed E-state index contributed by atoms with van der Waals surface area (Å²) in [7, 11) is 2.12. The first-order valence-corrected chi connectivity index (χ1v) is 9.60. The molecule has 0 saturated heterocycles. The third kappa shape index (κ3) is 3.00. The number of nitrogens with one attached hydrogen (secondary N) is 1. The van der Waals surface area contributed by atoms with Crippen LogP contribution in [0.25, 0.3) is 0 Å². The highest BCUT2D eigenvalue weighted by Gasteiger charge is 2.36. The van der Waals surface area contributed by atoms with E-state index < -0.39 is 0 Å². The van der Waals surface area contributed by atoms with Gasteiger partial charge in [0.2, 0.25) is 0 Å². The summed E-state index contributed by atoms with van der Waals surface area (Å²) in [4.78, 5) is 0. The average molecular weight is 306 g/mol. The molecular weight excluding hydrogens is 280 g/mol. The van der Waals surface area contributed by atoms with Gasteiger partial charge in [-0.1, -0.05) is 24.6 Å². The van der Waals surface area contributed by atoms with Crippen LogP contribution in [0.15, 0.2) is 5.16 Å². The molecule has 3 fully saturated rings. The fourth-order valence-electron chi connectivity index (χ4n) is 3.66. The Hall–Kier alpha value is -0.550. The summed E-state index contributed by atoms with van der Waals surface area (Å²) >= 11 is 1.93. The molecule has 1 unspecified atom stereocenters. The van der Waals surface area contributed by atoms with Crippen LogP contribution in [0, 0.1) is 5.92 Å². The van der Waals surface area contributed by atoms with Crippen molar-refractivity contribution in [2.24, 2.45) is 5.92 Å². The van der Waals surface area contributed by atoms with Gasteiger partial charge in [0.05, 0.1) is 0 Å². The van der Waals surface area contributed by atoms with Crippen molar-refractivity contribution in [3.8, 4) is 0 Å². The second kappa shape index (κ2) is 5.92. The number of nitrogens with zero attached hydrogens (tertiary/aromatic N) is 3. The SMILES string of the molecule is CNC(CSc1nnc(C2CC2)n1C1CC1)C1CCCC1. The average Bonchev–Trinajstić information content (AvgIpc) is 3.43. The minimum atomic E-state index is 0.631. The molecule has 5 heteroatoms. The highest BCUT2D eigenvalue weighted by Crippen LogP contribution is 2.46. The summed E-state index contributed by atoms with van der Waals surface area (Å²) in [5.41, 5.74) is 0. The van der Waals surface area contributed by atoms with Crippen molar-refractivity contribution in [3.05, 3.63) is 5.82 Å². The molecule has 21 heavy (non-hydrogen) atoms. The lowest BCUT2D eigenvalue weighted by Gasteiger charge is -2.22. The Morgan fingerprint density at radius 2 is 1.90 bits per heavy atom. The van der Waals surface area contributed by atoms with E-state index in [2.05, 4.69) is 27.1 Å². The first kappa shape index (κ1) is 14.1. The predicted molar refractivity (Wildman–Crippen MR) is 85.8 cm³/mol. The Kier molecular flexibility index (Phi) is 3.96. The Morgan fingerprint density at radius 3 is 2.52 bits per heavy atom. The topological polar surface area (TPSA) is 42.7 Å². The molecule has 3 aliphatic rings. The van der Waals surface area contributed by atoms with Gasteiger partial charge in [-0.15, -0.1) is 10.2 Å². The Morgan fingerprint density at radius 1 is 1.14 bits per heavy atom. The molecule has 3 aliphatic carbocycles. The van der Waals surface area contributed by atoms with Crippen LogP contribution in [0.4, 0.5) is 0 Å². The van der Waals surface area contributed by atoms with Gasteiger partial charge in [0.25, 0.3) is 0 Å². The highest BCUT2D eigenvalue weighted by atomic mass is 32.2. The number of hydrogen-bond acceptors (Lipinski definition) is 4. The summed E-state index contributed by atoms with van der Waals surface area (Å²) in [6.45, 7) is 0. The van der Waals surface area contributed by atoms with E-state index in [0.717, 1.165) is 11.7 Å². The summed E-state index contributed by atoms with van der Waals surface area (Å²) in [5.74, 6) is 3.99. The summed E-state index contributed by atoms with van der Waals surface area (Å²) in [6.07, 6.45) is 10.9. The molecule has 116 valence electrons. The number of thioether (sulfide) groups is 1. The van der Waals surface area contributed by atoms with Crippen molar-refractivity contribution in [3.63, 3.8) is 0 Å². The number of aromatic nitrogens is 3. The van der Waals surface area contributed by atoms with E-state index in [1.165, 1.54) is 62.3 Å². The van der Waals surface area contributed by atoms with E-state index in [0.29, 0.717) is 18.0 Å². The van der Waals surface area contributed by atoms with Gasteiger partial charge in [0, 0.05) is 23.8 Å². The Balaban J connectivity index is 1.44. The lowest BCUT2D eigenvalue weighted by molar-refractivity contribution is 0.410. The third-order valence-electron chi connectivity index (χ3n) is 5.28. The van der Waals surface area contributed by atoms with Crippen LogP contribution in [-0.4, -0.2) is 33.6 Å². The van der Waals surface area contributed by atoms with E-state index in [4.69, 9.17) is 0 Å². The second-order valence-electron chi connectivity index (χ2n) is 6.97. The molecule has 4 nitrogen and oxygen atoms in total. The van der Waals surface area contributed by atoms with Crippen LogP contribution in [0.1, 0.15) is 69.2 Å². The van der Waals surface area contributed by atoms with Crippen LogP contribution in [-0.2, 0) is 0 Å². The van der Waals surface area contributed by atoms with Gasteiger partial charge in [-0.2, -0.15) is 0 Å². The molecule has 0 radical (unpaired) electrons. The molecule has 0 bridgehead atoms. The van der Waals surface area contributed by atoms with Gasteiger partial charge in [-0.05, 0) is 51.5 Å². The van der Waals surface area contributed by atoms with E-state index in [9.17, 15) is 0 Å². The molecule has 4 rings (SSSR count). The zero-order valence-electron chi connectivity index (χ0n) is 12.9. The molecule has 1 aromatic rings. The fourth-order valence-corrected chi connectivity index (χ4v) is 4.91. The standard InChI is InChI=1S/C16H26N4S/c1-17-14(11-4-2-3-5-11)10-21-16-19-18-15(12-6-7-12)20(16)13-8-9-13/h11-14,17H,2-10H2,1H3. The van der Waals surface area contributed by atoms with Gasteiger partial charge in [0.1, 0.15) is 5.82 Å². The first-order valence-electron chi connectivity index (χ1n) is 8.61. The third-order valence-corrected chi connectivity index (χ3v) is 6.34. The predicted octanol–water partition coefficient (Wildman–Crippen LogP) is 3.36. The normalized spacial score (nSPS) is 24.6. The largest absolute Gasteiger partial charge is 0.316 e. The van der Waals surface area contributed by atoms with Crippen molar-refractivity contribution in [1.82, 2.24) is 20.1 Å². The van der Waals surface area contributed by atoms with Crippen LogP contribution in [0.5, 0.6) is 0 Å². The monoisotopic (exact) mass is 306 g/mol. The lowest BCUT2D eigenvalue weighted by Crippen LogP contribution is -2.34. The minimum absolute atomic E-state index is 0.631. The van der Waals surface area contributed by atoms with Gasteiger partial charge >= 0.3 is 0 Å². The highest BCUT2D eigenvalue weighted by molar-refractivity contribution is 7.99. The van der Waals surface area contributed by atoms with Crippen molar-refractivity contribution >= 4 is 11.8 Å². The Bertz CT molecular complexity index is 486. The molecule has 1 N–H and O–H groups in total.